The van der Waals surface area contributed by atoms with Crippen LogP contribution < -0.4 is 52.6 Å². The molecule has 0 saturated heterocycles. The summed E-state index contributed by atoms with van der Waals surface area (Å²) < 4.78 is 93.4. The maximum Gasteiger partial charge on any atom is 0.475 e. The van der Waals surface area contributed by atoms with Crippen molar-refractivity contribution in [1.29, 1.82) is 0 Å². The summed E-state index contributed by atoms with van der Waals surface area (Å²) >= 11 is 0. The standard InChI is InChI=1S/C60H86N3O10PSi.C57H98N3O9PSi/c1-9-11-12-13-14-15-16-17-18-19-22-31-47(73-75(60(6,7)8,48-32-23-20-24-33-48)49-34-25-21-26-35-49)40-41-61-56(64)55(46-71-74(67,69-43-10-2)70-44-42-62-57(65)72-59(3,4)5)63-58(66)68-45-54-52-38-29-27-36-50(52)51-37-28-30-39-53(51)54;1-10-13-15-17-19-21-22-24-25-27-31-37-49(69-71(57(7,8)9,50-38-32-29-33-39-50)51-40-34-30-35-41-51)43-44-58-54(62)52(60-53(61)42-36-28-26-23-20-18-16-14-11-2)48-67-70(64,65-46-12-3)66-47-45-59-55(63)68-56(4,5)6/h10,20-21,23-30,32-39,47,54-55H,2,9,11-19,22,31,40-46H2,1,3-8H3,(H,61,64)(H,62,65)(H,63,66);12,29-30,32-35,38-41,49,52H,3,10-11,13-28,31,36-37,42-48H2,1-2,4-9H3,(H,58,62)(H,59,63)(H,60,61)/t47?,55-,74?;49?,52-,70?/m00/s1. The molecule has 29 heteroatoms. The van der Waals surface area contributed by atoms with Crippen molar-refractivity contribution in [3.8, 4) is 11.1 Å². The minimum Gasteiger partial charge on any atom is -0.449 e. The Labute approximate surface area is 880 Å². The lowest BCUT2D eigenvalue weighted by Crippen LogP contribution is -2.67. The molecule has 6 aromatic rings. The van der Waals surface area contributed by atoms with Crippen LogP contribution in [0, 0.1) is 0 Å². The summed E-state index contributed by atoms with van der Waals surface area (Å²) in [5.74, 6) is -1.60. The lowest BCUT2D eigenvalue weighted by atomic mass is 9.98. The van der Waals surface area contributed by atoms with Gasteiger partial charge in [0.05, 0.1) is 39.6 Å². The third kappa shape index (κ3) is 47.4. The molecule has 0 aliphatic heterocycles. The molecule has 814 valence electrons. The SMILES string of the molecule is C=CCOP(=O)(OCCNC(=O)OC(C)(C)C)OC[C@H](NC(=O)CCCCCCCCCCC)C(=O)NCCC(CCCCCCCCCCCCC)O[Si](c1ccccc1)(c1ccccc1)C(C)(C)C.C=CCOP(=O)(OCCNC(=O)OC(C)(C)C)OC[C@H](NC(=O)OCC1c2ccccc2-c2ccccc21)C(=O)NCCC(CCCCCCCCCCCCC)O[Si](c1ccccc1)(c1ccccc1)C(C)(C)C. The van der Waals surface area contributed by atoms with Crippen molar-refractivity contribution in [3.05, 3.63) is 206 Å². The highest BCUT2D eigenvalue weighted by Gasteiger charge is 2.53. The highest BCUT2D eigenvalue weighted by Crippen LogP contribution is 2.51. The van der Waals surface area contributed by atoms with E-state index in [9.17, 15) is 37.9 Å². The van der Waals surface area contributed by atoms with E-state index in [2.05, 4.69) is 217 Å². The minimum atomic E-state index is -4.40. The average molecular weight is 2100 g/mol. The molecule has 0 spiro atoms. The number of fused-ring (bicyclic) bond motifs is 3. The highest BCUT2D eigenvalue weighted by molar-refractivity contribution is 7.48. The maximum absolute atomic E-state index is 14.4. The molecule has 0 bridgehead atoms. The summed E-state index contributed by atoms with van der Waals surface area (Å²) in [5.41, 5.74) is 2.79. The van der Waals surface area contributed by atoms with Crippen molar-refractivity contribution in [3.63, 3.8) is 0 Å². The van der Waals surface area contributed by atoms with Crippen molar-refractivity contribution < 1.29 is 88.1 Å². The zero-order valence-corrected chi connectivity index (χ0v) is 95.3. The van der Waals surface area contributed by atoms with Crippen LogP contribution >= 0.6 is 15.6 Å². The Balaban J connectivity index is 0.000000447. The molecule has 0 saturated carbocycles. The number of ether oxygens (including phenoxy) is 3. The van der Waals surface area contributed by atoms with Gasteiger partial charge in [-0.2, -0.15) is 0 Å². The molecule has 6 atom stereocenters. The van der Waals surface area contributed by atoms with Gasteiger partial charge in [-0.05, 0) is 127 Å². The van der Waals surface area contributed by atoms with Gasteiger partial charge in [-0.15, -0.1) is 13.2 Å². The van der Waals surface area contributed by atoms with Crippen LogP contribution in [0.3, 0.4) is 0 Å². The molecule has 146 heavy (non-hydrogen) atoms. The van der Waals surface area contributed by atoms with Gasteiger partial charge >= 0.3 is 33.9 Å². The van der Waals surface area contributed by atoms with Crippen molar-refractivity contribution in [2.24, 2.45) is 0 Å². The second-order valence-electron chi connectivity index (χ2n) is 42.5. The molecule has 25 nitrogen and oxygen atoms in total. The number of unbranched alkanes of at least 4 members (excludes halogenated alkanes) is 28. The second kappa shape index (κ2) is 69.1. The summed E-state index contributed by atoms with van der Waals surface area (Å²) in [6.07, 6.45) is 40.2. The van der Waals surface area contributed by atoms with Crippen molar-refractivity contribution in [2.75, 3.05) is 72.4 Å². The molecule has 7 rings (SSSR count). The Morgan fingerprint density at radius 1 is 0.349 bits per heavy atom. The van der Waals surface area contributed by atoms with Crippen LogP contribution in [0.4, 0.5) is 14.4 Å². The van der Waals surface area contributed by atoms with Crippen LogP contribution in [0.5, 0.6) is 0 Å². The Bertz CT molecular complexity index is 4640. The van der Waals surface area contributed by atoms with Crippen LogP contribution in [-0.4, -0.2) is 161 Å². The number of phosphoric acid groups is 2. The van der Waals surface area contributed by atoms with Crippen molar-refractivity contribution in [2.45, 2.75) is 386 Å². The first-order chi connectivity index (χ1) is 70.0. The number of benzene rings is 6. The Morgan fingerprint density at radius 3 is 0.966 bits per heavy atom. The summed E-state index contributed by atoms with van der Waals surface area (Å²) in [6, 6.07) is 55.8. The Hall–Kier alpha value is -8.41. The largest absolute Gasteiger partial charge is 0.475 e. The van der Waals surface area contributed by atoms with Crippen LogP contribution in [0.2, 0.25) is 10.1 Å². The smallest absolute Gasteiger partial charge is 0.449 e. The Morgan fingerprint density at radius 2 is 0.651 bits per heavy atom. The molecular formula is C117H184N6O19P2Si2. The van der Waals surface area contributed by atoms with Crippen LogP contribution in [0.25, 0.3) is 11.1 Å². The second-order valence-corrected chi connectivity index (χ2v) is 54.4. The van der Waals surface area contributed by atoms with E-state index < -0.39 is 98.9 Å². The first-order valence-corrected chi connectivity index (χ1v) is 61.5. The molecular weight excluding hydrogens is 1910 g/mol. The molecule has 6 aromatic carbocycles. The maximum atomic E-state index is 14.4. The third-order valence-corrected chi connectivity index (χ3v) is 39.0. The van der Waals surface area contributed by atoms with E-state index in [-0.39, 0.29) is 99.7 Å². The van der Waals surface area contributed by atoms with Crippen LogP contribution in [0.15, 0.2) is 195 Å². The van der Waals surface area contributed by atoms with Gasteiger partial charge in [0.2, 0.25) is 17.7 Å². The predicted molar refractivity (Wildman–Crippen MR) is 598 cm³/mol. The van der Waals surface area contributed by atoms with Gasteiger partial charge in [-0.25, -0.2) is 23.5 Å². The van der Waals surface area contributed by atoms with E-state index in [1.807, 2.05) is 60.7 Å². The van der Waals surface area contributed by atoms with Gasteiger partial charge in [-0.3, -0.25) is 41.5 Å². The summed E-state index contributed by atoms with van der Waals surface area (Å²) in [6.45, 7) is 36.5. The monoisotopic (exact) mass is 2100 g/mol. The van der Waals surface area contributed by atoms with E-state index in [4.69, 9.17) is 50.2 Å². The molecule has 0 radical (unpaired) electrons. The zero-order chi connectivity index (χ0) is 106. The molecule has 0 heterocycles. The van der Waals surface area contributed by atoms with Crippen molar-refractivity contribution in [1.82, 2.24) is 31.9 Å². The molecule has 1 aliphatic rings. The average Bonchev–Trinajstić information content (AvgIpc) is 0.927. The zero-order valence-electron chi connectivity index (χ0n) is 91.5. The van der Waals surface area contributed by atoms with Gasteiger partial charge in [-0.1, -0.05) is 437 Å². The van der Waals surface area contributed by atoms with E-state index >= 15 is 0 Å². The van der Waals surface area contributed by atoms with Crippen LogP contribution in [0.1, 0.15) is 352 Å². The number of carbonyl (C=O) groups is 6. The number of hydrogen-bond acceptors (Lipinski definition) is 19. The third-order valence-electron chi connectivity index (χ3n) is 26.0. The lowest BCUT2D eigenvalue weighted by Gasteiger charge is -2.45. The molecule has 0 aromatic heterocycles. The number of nitrogens with one attached hydrogen (secondary N) is 6. The molecule has 6 amide bonds. The van der Waals surface area contributed by atoms with Gasteiger partial charge < -0.3 is 55.0 Å². The normalized spacial score (nSPS) is 14.0. The van der Waals surface area contributed by atoms with Gasteiger partial charge in [0.15, 0.2) is 0 Å². The molecule has 1 aliphatic carbocycles. The number of rotatable bonds is 74. The number of amides is 6. The van der Waals surface area contributed by atoms with E-state index in [0.717, 1.165) is 86.5 Å². The minimum absolute atomic E-state index is 0.00403. The fourth-order valence-electron chi connectivity index (χ4n) is 18.5. The number of phosphoric ester groups is 2. The topological polar surface area (TPSA) is 310 Å². The molecule has 6 N–H and O–H groups in total. The van der Waals surface area contributed by atoms with E-state index in [1.54, 1.807) is 41.5 Å². The summed E-state index contributed by atoms with van der Waals surface area (Å²) in [7, 11) is -14.6. The Kier molecular flexibility index (Phi) is 59.8. The molecule has 4 unspecified atom stereocenters. The summed E-state index contributed by atoms with van der Waals surface area (Å²) in [4.78, 5) is 80.4. The van der Waals surface area contributed by atoms with Gasteiger partial charge in [0.1, 0.15) is 29.9 Å². The highest BCUT2D eigenvalue weighted by atomic mass is 31.2. The van der Waals surface area contributed by atoms with E-state index in [0.29, 0.717) is 19.3 Å². The first kappa shape index (κ1) is 126. The number of carbonyl (C=O) groups excluding carboxylic acids is 6. The van der Waals surface area contributed by atoms with Gasteiger partial charge in [0, 0.05) is 50.7 Å². The van der Waals surface area contributed by atoms with Crippen molar-refractivity contribution >= 4 is 89.0 Å². The first-order valence-electron chi connectivity index (χ1n) is 54.8. The number of hydrogen-bond donors (Lipinski definition) is 6. The fraction of sp³-hybridized carbons (Fsp3) is 0.607. The molecule has 0 fully saturated rings. The lowest BCUT2D eigenvalue weighted by molar-refractivity contribution is -0.130. The quantitative estimate of drug-likeness (QED) is 0.00679. The van der Waals surface area contributed by atoms with Gasteiger partial charge in [0.25, 0.3) is 16.6 Å². The predicted octanol–water partition coefficient (Wildman–Crippen LogP) is 26.3. The number of alkyl carbamates (subject to hydrolysis) is 3. The van der Waals surface area contributed by atoms with E-state index in [1.165, 1.54) is 174 Å². The van der Waals surface area contributed by atoms with Crippen LogP contribution in [-0.2, 0) is 73.7 Å². The summed E-state index contributed by atoms with van der Waals surface area (Å²) in [5, 5.41) is 21.0. The fourth-order valence-corrected chi connectivity index (χ4v) is 30.4.